The van der Waals surface area contributed by atoms with Crippen molar-refractivity contribution in [3.8, 4) is 0 Å². The smallest absolute Gasteiger partial charge is 0.0406 e. The van der Waals surface area contributed by atoms with Crippen LogP contribution in [0.25, 0.3) is 0 Å². The molecule has 0 nitrogen and oxygen atoms in total. The van der Waals surface area contributed by atoms with Crippen molar-refractivity contribution < 1.29 is 0 Å². The molecule has 0 saturated carbocycles. The first-order valence-electron chi connectivity index (χ1n) is 6.78. The summed E-state index contributed by atoms with van der Waals surface area (Å²) >= 11 is 5.96. The molecule has 0 saturated heterocycles. The van der Waals surface area contributed by atoms with Crippen molar-refractivity contribution in [2.45, 2.75) is 39.0 Å². The minimum Gasteiger partial charge on any atom is -0.0843 e. The predicted molar refractivity (Wildman–Crippen MR) is 84.1 cm³/mol. The standard InChI is InChI=1S/C18H21Cl/c1-13(2)14-5-7-15(8-6-14)18(3,4)16-9-11-17(19)12-10-16/h5-13H,1-4H3. The maximum Gasteiger partial charge on any atom is 0.0406 e. The van der Waals surface area contributed by atoms with Gasteiger partial charge in [0.15, 0.2) is 0 Å². The first-order chi connectivity index (χ1) is 8.91. The van der Waals surface area contributed by atoms with Crippen LogP contribution in [0, 0.1) is 0 Å². The van der Waals surface area contributed by atoms with Crippen LogP contribution in [0.4, 0.5) is 0 Å². The van der Waals surface area contributed by atoms with Crippen LogP contribution in [-0.4, -0.2) is 0 Å². The highest BCUT2D eigenvalue weighted by Gasteiger charge is 2.22. The summed E-state index contributed by atoms with van der Waals surface area (Å²) in [5, 5.41) is 0.787. The fourth-order valence-corrected chi connectivity index (χ4v) is 2.44. The van der Waals surface area contributed by atoms with Crippen LogP contribution in [0.3, 0.4) is 0 Å². The Morgan fingerprint density at radius 1 is 0.789 bits per heavy atom. The van der Waals surface area contributed by atoms with Crippen LogP contribution in [-0.2, 0) is 5.41 Å². The van der Waals surface area contributed by atoms with Gasteiger partial charge < -0.3 is 0 Å². The van der Waals surface area contributed by atoms with E-state index in [1.165, 1.54) is 16.7 Å². The summed E-state index contributed by atoms with van der Waals surface area (Å²) < 4.78 is 0. The van der Waals surface area contributed by atoms with E-state index >= 15 is 0 Å². The Hall–Kier alpha value is -1.27. The van der Waals surface area contributed by atoms with Crippen molar-refractivity contribution in [3.63, 3.8) is 0 Å². The third-order valence-corrected chi connectivity index (χ3v) is 4.12. The molecule has 0 atom stereocenters. The SMILES string of the molecule is CC(C)c1ccc(C(C)(C)c2ccc(Cl)cc2)cc1. The van der Waals surface area contributed by atoms with Gasteiger partial charge in [-0.1, -0.05) is 75.7 Å². The van der Waals surface area contributed by atoms with Crippen molar-refractivity contribution in [2.75, 3.05) is 0 Å². The summed E-state index contributed by atoms with van der Waals surface area (Å²) in [5.41, 5.74) is 4.00. The average Bonchev–Trinajstić information content (AvgIpc) is 2.39. The zero-order valence-electron chi connectivity index (χ0n) is 12.1. The summed E-state index contributed by atoms with van der Waals surface area (Å²) in [6, 6.07) is 17.1. The summed E-state index contributed by atoms with van der Waals surface area (Å²) in [6.07, 6.45) is 0. The van der Waals surface area contributed by atoms with E-state index in [-0.39, 0.29) is 5.41 Å². The lowest BCUT2D eigenvalue weighted by Gasteiger charge is -2.26. The molecule has 0 fully saturated rings. The molecule has 0 spiro atoms. The molecule has 2 aromatic rings. The number of hydrogen-bond donors (Lipinski definition) is 0. The molecule has 0 bridgehead atoms. The van der Waals surface area contributed by atoms with E-state index in [1.54, 1.807) is 0 Å². The molecule has 0 amide bonds. The monoisotopic (exact) mass is 272 g/mol. The van der Waals surface area contributed by atoms with Crippen LogP contribution in [0.2, 0.25) is 5.02 Å². The van der Waals surface area contributed by atoms with Gasteiger partial charge in [0.05, 0.1) is 0 Å². The van der Waals surface area contributed by atoms with E-state index in [9.17, 15) is 0 Å². The number of hydrogen-bond acceptors (Lipinski definition) is 0. The van der Waals surface area contributed by atoms with Gasteiger partial charge in [0.2, 0.25) is 0 Å². The van der Waals surface area contributed by atoms with Gasteiger partial charge >= 0.3 is 0 Å². The van der Waals surface area contributed by atoms with Gasteiger partial charge in [-0.15, -0.1) is 0 Å². The Kier molecular flexibility index (Phi) is 4.01. The molecule has 19 heavy (non-hydrogen) atoms. The van der Waals surface area contributed by atoms with Crippen LogP contribution in [0.1, 0.15) is 50.3 Å². The van der Waals surface area contributed by atoms with E-state index in [0.717, 1.165) is 5.02 Å². The van der Waals surface area contributed by atoms with E-state index in [2.05, 4.69) is 64.1 Å². The lowest BCUT2D eigenvalue weighted by Crippen LogP contribution is -2.18. The topological polar surface area (TPSA) is 0 Å². The average molecular weight is 273 g/mol. The molecule has 2 aromatic carbocycles. The molecular weight excluding hydrogens is 252 g/mol. The fourth-order valence-electron chi connectivity index (χ4n) is 2.32. The van der Waals surface area contributed by atoms with Gasteiger partial charge in [0.1, 0.15) is 0 Å². The van der Waals surface area contributed by atoms with E-state index in [1.807, 2.05) is 12.1 Å². The predicted octanol–water partition coefficient (Wildman–Crippen LogP) is 5.79. The number of rotatable bonds is 3. The summed E-state index contributed by atoms with van der Waals surface area (Å²) in [5.74, 6) is 0.577. The van der Waals surface area contributed by atoms with Gasteiger partial charge in [0.25, 0.3) is 0 Å². The molecule has 1 heteroatoms. The molecule has 0 aromatic heterocycles. The van der Waals surface area contributed by atoms with Crippen molar-refractivity contribution in [1.29, 1.82) is 0 Å². The normalized spacial score (nSPS) is 11.9. The second-order valence-electron chi connectivity index (χ2n) is 5.91. The Morgan fingerprint density at radius 2 is 1.21 bits per heavy atom. The summed E-state index contributed by atoms with van der Waals surface area (Å²) in [6.45, 7) is 8.94. The van der Waals surface area contributed by atoms with Crippen LogP contribution < -0.4 is 0 Å². The molecule has 0 radical (unpaired) electrons. The van der Waals surface area contributed by atoms with Crippen molar-refractivity contribution >= 4 is 11.6 Å². The number of benzene rings is 2. The molecule has 0 heterocycles. The van der Waals surface area contributed by atoms with Gasteiger partial charge in [-0.2, -0.15) is 0 Å². The van der Waals surface area contributed by atoms with Crippen LogP contribution >= 0.6 is 11.6 Å². The third-order valence-electron chi connectivity index (χ3n) is 3.86. The zero-order valence-corrected chi connectivity index (χ0v) is 12.8. The highest BCUT2D eigenvalue weighted by Crippen LogP contribution is 2.32. The zero-order chi connectivity index (χ0) is 14.0. The number of halogens is 1. The second kappa shape index (κ2) is 5.38. The molecule has 100 valence electrons. The van der Waals surface area contributed by atoms with Crippen molar-refractivity contribution in [1.82, 2.24) is 0 Å². The maximum atomic E-state index is 5.96. The first-order valence-corrected chi connectivity index (χ1v) is 7.15. The molecule has 0 N–H and O–H groups in total. The molecule has 2 rings (SSSR count). The van der Waals surface area contributed by atoms with Crippen LogP contribution in [0.15, 0.2) is 48.5 Å². The van der Waals surface area contributed by atoms with E-state index in [4.69, 9.17) is 11.6 Å². The Bertz CT molecular complexity index is 533. The fraction of sp³-hybridized carbons (Fsp3) is 0.333. The quantitative estimate of drug-likeness (QED) is 0.663. The molecular formula is C18H21Cl. The maximum absolute atomic E-state index is 5.96. The van der Waals surface area contributed by atoms with E-state index in [0.29, 0.717) is 5.92 Å². The first kappa shape index (κ1) is 14.1. The lowest BCUT2D eigenvalue weighted by atomic mass is 9.78. The molecule has 0 aliphatic carbocycles. The highest BCUT2D eigenvalue weighted by molar-refractivity contribution is 6.30. The highest BCUT2D eigenvalue weighted by atomic mass is 35.5. The van der Waals surface area contributed by atoms with Gasteiger partial charge in [-0.05, 0) is 34.7 Å². The third kappa shape index (κ3) is 3.01. The van der Waals surface area contributed by atoms with Crippen molar-refractivity contribution in [3.05, 3.63) is 70.2 Å². The van der Waals surface area contributed by atoms with Gasteiger partial charge in [-0.25, -0.2) is 0 Å². The van der Waals surface area contributed by atoms with Gasteiger partial charge in [-0.3, -0.25) is 0 Å². The summed E-state index contributed by atoms with van der Waals surface area (Å²) in [7, 11) is 0. The minimum absolute atomic E-state index is 0.0000976. The molecule has 0 aliphatic rings. The molecule has 0 aliphatic heterocycles. The minimum atomic E-state index is 0.0000976. The Balaban J connectivity index is 2.35. The Labute approximate surface area is 121 Å². The van der Waals surface area contributed by atoms with Gasteiger partial charge in [0, 0.05) is 10.4 Å². The second-order valence-corrected chi connectivity index (χ2v) is 6.35. The van der Waals surface area contributed by atoms with Crippen molar-refractivity contribution in [2.24, 2.45) is 0 Å². The lowest BCUT2D eigenvalue weighted by molar-refractivity contribution is 0.640. The van der Waals surface area contributed by atoms with Crippen LogP contribution in [0.5, 0.6) is 0 Å². The Morgan fingerprint density at radius 3 is 1.63 bits per heavy atom. The summed E-state index contributed by atoms with van der Waals surface area (Å²) in [4.78, 5) is 0. The molecule has 0 unspecified atom stereocenters. The largest absolute Gasteiger partial charge is 0.0843 e. The van der Waals surface area contributed by atoms with E-state index < -0.39 is 0 Å².